The molecule has 4 atom stereocenters. The van der Waals surface area contributed by atoms with Crippen molar-refractivity contribution in [2.75, 3.05) is 6.61 Å². The van der Waals surface area contributed by atoms with Crippen molar-refractivity contribution in [1.29, 1.82) is 5.26 Å². The molecule has 2 fully saturated rings. The highest BCUT2D eigenvalue weighted by Gasteiger charge is 2.60. The molecule has 2 aliphatic carbocycles. The second kappa shape index (κ2) is 9.59. The third-order valence-corrected chi connectivity index (χ3v) is 8.94. The molecule has 5 heteroatoms. The number of fused-ring (bicyclic) bond motifs is 1. The van der Waals surface area contributed by atoms with Crippen molar-refractivity contribution in [3.8, 4) is 6.07 Å². The lowest BCUT2D eigenvalue weighted by Crippen LogP contribution is -2.62. The Balaban J connectivity index is 1.73. The summed E-state index contributed by atoms with van der Waals surface area (Å²) >= 11 is 0. The van der Waals surface area contributed by atoms with Crippen LogP contribution in [0.15, 0.2) is 12.3 Å². The van der Waals surface area contributed by atoms with Crippen molar-refractivity contribution in [3.05, 3.63) is 23.5 Å². The van der Waals surface area contributed by atoms with E-state index < -0.39 is 5.60 Å². The lowest BCUT2D eigenvalue weighted by atomic mass is 9.44. The van der Waals surface area contributed by atoms with Gasteiger partial charge in [-0.15, -0.1) is 0 Å². The van der Waals surface area contributed by atoms with Crippen molar-refractivity contribution in [1.82, 2.24) is 4.57 Å². The lowest BCUT2D eigenvalue weighted by Gasteiger charge is -2.63. The van der Waals surface area contributed by atoms with Gasteiger partial charge in [0.1, 0.15) is 11.8 Å². The normalized spacial score (nSPS) is 31.5. The molecule has 0 bridgehead atoms. The van der Waals surface area contributed by atoms with Crippen molar-refractivity contribution >= 4 is 5.97 Å². The van der Waals surface area contributed by atoms with Crippen molar-refractivity contribution in [3.63, 3.8) is 0 Å². The van der Waals surface area contributed by atoms with Gasteiger partial charge in [0.25, 0.3) is 0 Å². The number of nitrogens with zero attached hydrogens (tertiary/aromatic N) is 2. The van der Waals surface area contributed by atoms with E-state index in [-0.39, 0.29) is 22.7 Å². The van der Waals surface area contributed by atoms with Crippen LogP contribution in [0.5, 0.6) is 0 Å². The summed E-state index contributed by atoms with van der Waals surface area (Å²) in [5.74, 6) is 0.604. The summed E-state index contributed by atoms with van der Waals surface area (Å²) in [7, 11) is 0. The number of nitriles is 1. The molecule has 178 valence electrons. The third-order valence-electron chi connectivity index (χ3n) is 8.94. The highest BCUT2D eigenvalue weighted by atomic mass is 16.5. The second-order valence-electron chi connectivity index (χ2n) is 11.1. The Morgan fingerprint density at radius 3 is 2.75 bits per heavy atom. The molecule has 3 rings (SSSR count). The van der Waals surface area contributed by atoms with Crippen LogP contribution in [0.2, 0.25) is 0 Å². The van der Waals surface area contributed by atoms with Gasteiger partial charge in [-0.1, -0.05) is 34.1 Å². The molecule has 0 saturated heterocycles. The summed E-state index contributed by atoms with van der Waals surface area (Å²) in [4.78, 5) is 11.6. The first kappa shape index (κ1) is 24.8. The summed E-state index contributed by atoms with van der Waals surface area (Å²) in [6, 6.07) is 4.38. The van der Waals surface area contributed by atoms with Crippen molar-refractivity contribution < 1.29 is 14.6 Å². The second-order valence-corrected chi connectivity index (χ2v) is 11.1. The number of rotatable bonds is 8. The molecular weight excluding hydrogens is 400 g/mol. The van der Waals surface area contributed by atoms with Gasteiger partial charge in [0, 0.05) is 19.2 Å². The summed E-state index contributed by atoms with van der Waals surface area (Å²) in [5.41, 5.74) is 1.13. The summed E-state index contributed by atoms with van der Waals surface area (Å²) in [6.45, 7) is 12.1. The first-order valence-corrected chi connectivity index (χ1v) is 12.5. The predicted octanol–water partition coefficient (Wildman–Crippen LogP) is 5.63. The van der Waals surface area contributed by atoms with Gasteiger partial charge in [-0.2, -0.15) is 5.26 Å². The highest BCUT2D eigenvalue weighted by Crippen LogP contribution is 2.63. The number of ether oxygens (including phenoxy) is 1. The molecule has 0 amide bonds. The van der Waals surface area contributed by atoms with Crippen LogP contribution < -0.4 is 0 Å². The fourth-order valence-corrected chi connectivity index (χ4v) is 7.09. The number of hydrogen-bond donors (Lipinski definition) is 1. The number of aryl methyl sites for hydroxylation is 2. The molecule has 0 spiro atoms. The number of aliphatic hydroxyl groups is 1. The molecular formula is C27H42N2O3. The minimum atomic E-state index is -0.716. The maximum atomic E-state index is 12.2. The van der Waals surface area contributed by atoms with Crippen molar-refractivity contribution in [2.24, 2.45) is 22.7 Å². The Morgan fingerprint density at radius 2 is 2.06 bits per heavy atom. The summed E-state index contributed by atoms with van der Waals surface area (Å²) in [6.07, 6.45) is 10.1. The Morgan fingerprint density at radius 1 is 1.31 bits per heavy atom. The van der Waals surface area contributed by atoms with Gasteiger partial charge >= 0.3 is 5.97 Å². The Bertz CT molecular complexity index is 852. The molecule has 1 N–H and O–H groups in total. The van der Waals surface area contributed by atoms with Gasteiger partial charge < -0.3 is 14.4 Å². The average Bonchev–Trinajstić information content (AvgIpc) is 3.12. The van der Waals surface area contributed by atoms with E-state index in [2.05, 4.69) is 33.8 Å². The van der Waals surface area contributed by atoms with Gasteiger partial charge in [0.05, 0.1) is 12.2 Å². The summed E-state index contributed by atoms with van der Waals surface area (Å²) in [5, 5.41) is 22.0. The number of carbonyl (C=O) groups is 1. The monoisotopic (exact) mass is 442 g/mol. The predicted molar refractivity (Wildman–Crippen MR) is 126 cm³/mol. The van der Waals surface area contributed by atoms with Crippen LogP contribution in [0.4, 0.5) is 0 Å². The van der Waals surface area contributed by atoms with E-state index >= 15 is 0 Å². The zero-order valence-electron chi connectivity index (χ0n) is 20.7. The molecule has 2 saturated carbocycles. The molecule has 5 nitrogen and oxygen atoms in total. The van der Waals surface area contributed by atoms with E-state index in [9.17, 15) is 15.2 Å². The fourth-order valence-electron chi connectivity index (χ4n) is 7.09. The standard InChI is InChI=1S/C27H42N2O3/c1-6-32-24(30)9-7-17-29-18-13-21(22(29)19-28)12-16-27(31)20(2)10-11-23-25(3,4)14-8-15-26(23,27)5/h13,18,20,23,31H,6-12,14-17H2,1-5H3/t20-,23+,26+,27-/m1/s1. The molecule has 0 radical (unpaired) electrons. The Hall–Kier alpha value is -1.80. The molecule has 0 unspecified atom stereocenters. The summed E-state index contributed by atoms with van der Waals surface area (Å²) < 4.78 is 6.94. The average molecular weight is 443 g/mol. The first-order chi connectivity index (χ1) is 15.1. The molecule has 0 aromatic carbocycles. The Labute approximate surface area is 194 Å². The molecule has 1 aromatic rings. The van der Waals surface area contributed by atoms with Gasteiger partial charge in [0.2, 0.25) is 0 Å². The zero-order valence-corrected chi connectivity index (χ0v) is 20.7. The van der Waals surface area contributed by atoms with Crippen LogP contribution >= 0.6 is 0 Å². The molecule has 0 aliphatic heterocycles. The van der Waals surface area contributed by atoms with Gasteiger partial charge in [-0.3, -0.25) is 4.79 Å². The molecule has 32 heavy (non-hydrogen) atoms. The Kier molecular flexibility index (Phi) is 7.44. The quantitative estimate of drug-likeness (QED) is 0.530. The van der Waals surface area contributed by atoms with Gasteiger partial charge in [-0.25, -0.2) is 0 Å². The maximum Gasteiger partial charge on any atom is 0.305 e. The number of esters is 1. The van der Waals surface area contributed by atoms with Crippen LogP contribution in [0, 0.1) is 34.0 Å². The van der Waals surface area contributed by atoms with Crippen LogP contribution in [0.25, 0.3) is 0 Å². The van der Waals surface area contributed by atoms with Crippen LogP contribution in [-0.2, 0) is 22.5 Å². The minimum absolute atomic E-state index is 0.0819. The van der Waals surface area contributed by atoms with Crippen LogP contribution in [0.3, 0.4) is 0 Å². The first-order valence-electron chi connectivity index (χ1n) is 12.5. The van der Waals surface area contributed by atoms with Gasteiger partial charge in [0.15, 0.2) is 0 Å². The van der Waals surface area contributed by atoms with E-state index in [0.717, 1.165) is 18.4 Å². The van der Waals surface area contributed by atoms with E-state index in [4.69, 9.17) is 4.74 Å². The molecule has 2 aliphatic rings. The number of hydrogen-bond acceptors (Lipinski definition) is 4. The van der Waals surface area contributed by atoms with Crippen LogP contribution in [0.1, 0.15) is 97.2 Å². The number of carbonyl (C=O) groups excluding carboxylic acids is 1. The minimum Gasteiger partial charge on any atom is -0.466 e. The maximum absolute atomic E-state index is 12.2. The fraction of sp³-hybridized carbons (Fsp3) is 0.778. The SMILES string of the molecule is CCOC(=O)CCCn1ccc(CC[C@@]2(O)[C@H](C)CC[C@H]3C(C)(C)CCC[C@@]32C)c1C#N. The topological polar surface area (TPSA) is 75.2 Å². The third kappa shape index (κ3) is 4.49. The van der Waals surface area contributed by atoms with E-state index in [1.54, 1.807) is 0 Å². The molecule has 1 heterocycles. The number of aromatic nitrogens is 1. The van der Waals surface area contributed by atoms with E-state index in [0.29, 0.717) is 50.4 Å². The van der Waals surface area contributed by atoms with E-state index in [1.807, 2.05) is 23.8 Å². The zero-order chi connectivity index (χ0) is 23.6. The molecule has 1 aromatic heterocycles. The highest BCUT2D eigenvalue weighted by molar-refractivity contribution is 5.69. The smallest absolute Gasteiger partial charge is 0.305 e. The van der Waals surface area contributed by atoms with Gasteiger partial charge in [-0.05, 0) is 86.2 Å². The lowest BCUT2D eigenvalue weighted by molar-refractivity contribution is -0.211. The van der Waals surface area contributed by atoms with Crippen molar-refractivity contribution in [2.45, 2.75) is 105 Å². The van der Waals surface area contributed by atoms with E-state index in [1.165, 1.54) is 19.3 Å². The largest absolute Gasteiger partial charge is 0.466 e. The van der Waals surface area contributed by atoms with Crippen LogP contribution in [-0.4, -0.2) is 27.9 Å².